The van der Waals surface area contributed by atoms with Crippen molar-refractivity contribution in [1.82, 2.24) is 14.9 Å². The molecular formula is C22H25ClN4O2. The van der Waals surface area contributed by atoms with E-state index in [-0.39, 0.29) is 17.7 Å². The fourth-order valence-electron chi connectivity index (χ4n) is 4.44. The van der Waals surface area contributed by atoms with Gasteiger partial charge in [0.25, 0.3) is 5.91 Å². The first-order valence-electron chi connectivity index (χ1n) is 10.1. The number of amides is 2. The van der Waals surface area contributed by atoms with Gasteiger partial charge in [-0.25, -0.2) is 4.98 Å². The van der Waals surface area contributed by atoms with Gasteiger partial charge in [-0.05, 0) is 50.5 Å². The number of rotatable bonds is 3. The third-order valence-electron chi connectivity index (χ3n) is 6.00. The molecule has 6 nitrogen and oxygen atoms in total. The molecule has 2 amide bonds. The summed E-state index contributed by atoms with van der Waals surface area (Å²) >= 11 is 6.18. The van der Waals surface area contributed by atoms with Gasteiger partial charge in [0, 0.05) is 42.2 Å². The van der Waals surface area contributed by atoms with Gasteiger partial charge in [0.1, 0.15) is 0 Å². The minimum Gasteiger partial charge on any atom is -0.342 e. The van der Waals surface area contributed by atoms with Crippen LogP contribution < -0.4 is 4.90 Å². The molecule has 1 fully saturated rings. The zero-order chi connectivity index (χ0) is 20.8. The van der Waals surface area contributed by atoms with Crippen molar-refractivity contribution in [3.8, 4) is 0 Å². The highest BCUT2D eigenvalue weighted by molar-refractivity contribution is 6.31. The van der Waals surface area contributed by atoms with Crippen molar-refractivity contribution in [2.45, 2.75) is 51.5 Å². The first kappa shape index (κ1) is 19.8. The lowest BCUT2D eigenvalue weighted by molar-refractivity contribution is -0.132. The Morgan fingerprint density at radius 1 is 1.31 bits per heavy atom. The Morgan fingerprint density at radius 2 is 2.10 bits per heavy atom. The second-order valence-corrected chi connectivity index (χ2v) is 8.66. The fraction of sp³-hybridized carbons (Fsp3) is 0.455. The van der Waals surface area contributed by atoms with Gasteiger partial charge in [-0.2, -0.15) is 0 Å². The van der Waals surface area contributed by atoms with Crippen molar-refractivity contribution in [1.29, 1.82) is 0 Å². The number of halogens is 1. The molecule has 1 unspecified atom stereocenters. The van der Waals surface area contributed by atoms with E-state index in [0.717, 1.165) is 30.6 Å². The minimum atomic E-state index is -0.582. The molecule has 152 valence electrons. The first-order chi connectivity index (χ1) is 13.8. The van der Waals surface area contributed by atoms with Gasteiger partial charge in [-0.1, -0.05) is 18.5 Å². The lowest BCUT2D eigenvalue weighted by Gasteiger charge is -2.34. The quantitative estimate of drug-likeness (QED) is 0.759. The molecule has 7 heteroatoms. The van der Waals surface area contributed by atoms with Gasteiger partial charge in [-0.15, -0.1) is 0 Å². The molecule has 0 spiro atoms. The second kappa shape index (κ2) is 7.41. The molecule has 2 aliphatic heterocycles. The summed E-state index contributed by atoms with van der Waals surface area (Å²) in [5.74, 6) is 0.731. The number of carbonyl (C=O) groups excluding carboxylic acids is 2. The number of carbonyl (C=O) groups is 2. The first-order valence-corrected chi connectivity index (χ1v) is 10.4. The van der Waals surface area contributed by atoms with Crippen LogP contribution in [-0.2, 0) is 10.3 Å². The molecule has 0 radical (unpaired) electrons. The number of hydrogen-bond donors (Lipinski definition) is 0. The van der Waals surface area contributed by atoms with Crippen LogP contribution in [0, 0.1) is 0 Å². The van der Waals surface area contributed by atoms with Crippen LogP contribution in [-0.4, -0.2) is 39.8 Å². The normalized spacial score (nSPS) is 20.7. The number of piperidine rings is 1. The molecule has 4 rings (SSSR count). The van der Waals surface area contributed by atoms with Crippen LogP contribution in [0.3, 0.4) is 0 Å². The number of fused-ring (bicyclic) bond motifs is 1. The summed E-state index contributed by atoms with van der Waals surface area (Å²) < 4.78 is 0. The van der Waals surface area contributed by atoms with Crippen molar-refractivity contribution >= 4 is 29.2 Å². The number of anilines is 1. The van der Waals surface area contributed by atoms with Gasteiger partial charge < -0.3 is 4.90 Å². The van der Waals surface area contributed by atoms with Gasteiger partial charge in [-0.3, -0.25) is 19.5 Å². The largest absolute Gasteiger partial charge is 0.342 e. The molecule has 0 saturated carbocycles. The van der Waals surface area contributed by atoms with Crippen molar-refractivity contribution in [3.63, 3.8) is 0 Å². The summed E-state index contributed by atoms with van der Waals surface area (Å²) in [7, 11) is 0. The van der Waals surface area contributed by atoms with Gasteiger partial charge in [0.2, 0.25) is 5.91 Å². The van der Waals surface area contributed by atoms with E-state index in [1.807, 2.05) is 31.7 Å². The Bertz CT molecular complexity index is 975. The Kier molecular flexibility index (Phi) is 5.07. The Labute approximate surface area is 175 Å². The molecular weight excluding hydrogens is 388 g/mol. The minimum absolute atomic E-state index is 0.0976. The molecule has 0 N–H and O–H groups in total. The van der Waals surface area contributed by atoms with E-state index in [9.17, 15) is 9.59 Å². The molecule has 1 aromatic heterocycles. The van der Waals surface area contributed by atoms with Crippen LogP contribution in [0.4, 0.5) is 5.82 Å². The monoisotopic (exact) mass is 412 g/mol. The lowest BCUT2D eigenvalue weighted by Crippen LogP contribution is -2.41. The Balaban J connectivity index is 1.66. The summed E-state index contributed by atoms with van der Waals surface area (Å²) in [6.07, 6.45) is 5.80. The highest BCUT2D eigenvalue weighted by atomic mass is 35.5. The summed E-state index contributed by atoms with van der Waals surface area (Å²) in [5, 5.41) is 0.606. The maximum Gasteiger partial charge on any atom is 0.260 e. The fourth-order valence-corrected chi connectivity index (χ4v) is 4.61. The van der Waals surface area contributed by atoms with Crippen molar-refractivity contribution < 1.29 is 9.59 Å². The predicted octanol–water partition coefficient (Wildman–Crippen LogP) is 4.14. The van der Waals surface area contributed by atoms with E-state index < -0.39 is 5.54 Å². The molecule has 2 aromatic rings. The van der Waals surface area contributed by atoms with E-state index in [1.165, 1.54) is 0 Å². The van der Waals surface area contributed by atoms with Crippen LogP contribution in [0.1, 0.15) is 67.6 Å². The SMILES string of the molecule is CCC(=O)N1CCCC(c2cncc(N3C(=O)c4ccc(Cl)cc4C3(C)C)n2)C1. The summed E-state index contributed by atoms with van der Waals surface area (Å²) in [5.41, 5.74) is 1.78. The van der Waals surface area contributed by atoms with Gasteiger partial charge in [0.15, 0.2) is 5.82 Å². The third kappa shape index (κ3) is 3.39. The zero-order valence-electron chi connectivity index (χ0n) is 17.0. The van der Waals surface area contributed by atoms with Crippen molar-refractivity contribution in [2.24, 2.45) is 0 Å². The summed E-state index contributed by atoms with van der Waals surface area (Å²) in [4.78, 5) is 38.1. The third-order valence-corrected chi connectivity index (χ3v) is 6.23. The topological polar surface area (TPSA) is 66.4 Å². The van der Waals surface area contributed by atoms with Crippen LogP contribution >= 0.6 is 11.6 Å². The Morgan fingerprint density at radius 3 is 2.86 bits per heavy atom. The van der Waals surface area contributed by atoms with E-state index >= 15 is 0 Å². The molecule has 0 bridgehead atoms. The maximum atomic E-state index is 13.2. The maximum absolute atomic E-state index is 13.2. The van der Waals surface area contributed by atoms with Crippen LogP contribution in [0.15, 0.2) is 30.6 Å². The number of likely N-dealkylation sites (tertiary alicyclic amines) is 1. The van der Waals surface area contributed by atoms with E-state index in [4.69, 9.17) is 16.6 Å². The molecule has 3 heterocycles. The van der Waals surface area contributed by atoms with E-state index in [2.05, 4.69) is 4.98 Å². The van der Waals surface area contributed by atoms with Crippen molar-refractivity contribution in [3.05, 3.63) is 52.4 Å². The van der Waals surface area contributed by atoms with Crippen LogP contribution in [0.5, 0.6) is 0 Å². The molecule has 1 aromatic carbocycles. The average Bonchev–Trinajstić information content (AvgIpc) is 2.92. The molecule has 2 aliphatic rings. The van der Waals surface area contributed by atoms with Crippen molar-refractivity contribution in [2.75, 3.05) is 18.0 Å². The zero-order valence-corrected chi connectivity index (χ0v) is 17.7. The Hall–Kier alpha value is -2.47. The number of aromatic nitrogens is 2. The van der Waals surface area contributed by atoms with E-state index in [1.54, 1.807) is 29.4 Å². The molecule has 29 heavy (non-hydrogen) atoms. The van der Waals surface area contributed by atoms with Gasteiger partial charge in [0.05, 0.1) is 17.4 Å². The standard InChI is InChI=1S/C22H25ClN4O2/c1-4-20(28)26-9-5-6-14(13-26)18-11-24-12-19(25-18)27-21(29)16-8-7-15(23)10-17(16)22(27,2)3/h7-8,10-12,14H,4-6,9,13H2,1-3H3. The highest BCUT2D eigenvalue weighted by Gasteiger charge is 2.45. The second-order valence-electron chi connectivity index (χ2n) is 8.22. The number of benzene rings is 1. The summed E-state index contributed by atoms with van der Waals surface area (Å²) in [6, 6.07) is 5.36. The number of nitrogens with zero attached hydrogens (tertiary/aromatic N) is 4. The lowest BCUT2D eigenvalue weighted by atomic mass is 9.93. The predicted molar refractivity (Wildman–Crippen MR) is 112 cm³/mol. The highest BCUT2D eigenvalue weighted by Crippen LogP contribution is 2.42. The van der Waals surface area contributed by atoms with Gasteiger partial charge >= 0.3 is 0 Å². The summed E-state index contributed by atoms with van der Waals surface area (Å²) in [6.45, 7) is 7.31. The molecule has 1 atom stereocenters. The average molecular weight is 413 g/mol. The van der Waals surface area contributed by atoms with Crippen LogP contribution in [0.2, 0.25) is 5.02 Å². The molecule has 0 aliphatic carbocycles. The number of hydrogen-bond acceptors (Lipinski definition) is 4. The smallest absolute Gasteiger partial charge is 0.260 e. The molecule has 1 saturated heterocycles. The van der Waals surface area contributed by atoms with Crippen LogP contribution in [0.25, 0.3) is 0 Å². The van der Waals surface area contributed by atoms with E-state index in [0.29, 0.717) is 29.4 Å².